The lowest BCUT2D eigenvalue weighted by molar-refractivity contribution is -0.116. The molecule has 6 heteroatoms. The van der Waals surface area contributed by atoms with Crippen molar-refractivity contribution < 1.29 is 9.53 Å². The number of nitrogens with zero attached hydrogens (tertiary/aromatic N) is 2. The van der Waals surface area contributed by atoms with Crippen LogP contribution in [-0.4, -0.2) is 29.0 Å². The Kier molecular flexibility index (Phi) is 5.52. The molecule has 2 aromatic heterocycles. The summed E-state index contributed by atoms with van der Waals surface area (Å²) in [7, 11) is 0. The molecule has 2 heterocycles. The Hall–Kier alpha value is -2.73. The van der Waals surface area contributed by atoms with Crippen LogP contribution in [0.1, 0.15) is 12.1 Å². The van der Waals surface area contributed by atoms with Gasteiger partial charge in [0.2, 0.25) is 5.91 Å². The van der Waals surface area contributed by atoms with Gasteiger partial charge in [0, 0.05) is 29.6 Å². The van der Waals surface area contributed by atoms with E-state index in [0.717, 1.165) is 28.8 Å². The largest absolute Gasteiger partial charge is 0.491 e. The van der Waals surface area contributed by atoms with Crippen LogP contribution in [0.15, 0.2) is 53.5 Å². The van der Waals surface area contributed by atoms with Gasteiger partial charge in [0.05, 0.1) is 17.8 Å². The molecule has 0 radical (unpaired) electrons. The maximum Gasteiger partial charge on any atom is 0.244 e. The number of carbonyl (C=O) groups excluding carboxylic acids is 1. The van der Waals surface area contributed by atoms with E-state index in [-0.39, 0.29) is 5.91 Å². The third kappa shape index (κ3) is 4.39. The lowest BCUT2D eigenvalue weighted by Gasteiger charge is -2.08. The lowest BCUT2D eigenvalue weighted by atomic mass is 10.2. The number of ether oxygens (including phenoxy) is 1. The molecule has 0 unspecified atom stereocenters. The van der Waals surface area contributed by atoms with Crippen LogP contribution in [0.2, 0.25) is 0 Å². The second-order valence-corrected chi connectivity index (χ2v) is 5.79. The van der Waals surface area contributed by atoms with Crippen molar-refractivity contribution in [1.29, 1.82) is 0 Å². The Bertz CT molecular complexity index is 826. The molecule has 1 aromatic carbocycles. The van der Waals surface area contributed by atoms with Gasteiger partial charge in [0.15, 0.2) is 0 Å². The van der Waals surface area contributed by atoms with Crippen molar-refractivity contribution in [3.63, 3.8) is 0 Å². The number of thiazole rings is 1. The zero-order valence-corrected chi connectivity index (χ0v) is 13.8. The molecule has 0 fully saturated rings. The van der Waals surface area contributed by atoms with Crippen molar-refractivity contribution in [3.8, 4) is 5.75 Å². The normalized spacial score (nSPS) is 11.0. The van der Waals surface area contributed by atoms with Gasteiger partial charge in [-0.3, -0.25) is 9.78 Å². The quantitative estimate of drug-likeness (QED) is 0.530. The molecule has 0 saturated carbocycles. The second kappa shape index (κ2) is 8.21. The van der Waals surface area contributed by atoms with Gasteiger partial charge in [-0.1, -0.05) is 18.2 Å². The molecular formula is C18H17N3O2S. The van der Waals surface area contributed by atoms with Gasteiger partial charge < -0.3 is 10.1 Å². The summed E-state index contributed by atoms with van der Waals surface area (Å²) in [4.78, 5) is 20.1. The number of hydrogen-bond donors (Lipinski definition) is 1. The summed E-state index contributed by atoms with van der Waals surface area (Å²) in [5.74, 6) is 0.637. The fourth-order valence-electron chi connectivity index (χ4n) is 2.18. The zero-order valence-electron chi connectivity index (χ0n) is 13.0. The fourth-order valence-corrected chi connectivity index (χ4v) is 2.71. The fraction of sp³-hybridized carbons (Fsp3) is 0.167. The highest BCUT2D eigenvalue weighted by Gasteiger charge is 2.02. The summed E-state index contributed by atoms with van der Waals surface area (Å²) in [6.45, 7) is 1.07. The molecule has 3 aromatic rings. The van der Waals surface area contributed by atoms with E-state index in [2.05, 4.69) is 15.3 Å². The summed E-state index contributed by atoms with van der Waals surface area (Å²) in [6.07, 6.45) is 5.66. The molecule has 0 saturated heterocycles. The van der Waals surface area contributed by atoms with Crippen LogP contribution in [0.3, 0.4) is 0 Å². The van der Waals surface area contributed by atoms with Crippen LogP contribution >= 0.6 is 11.3 Å². The summed E-state index contributed by atoms with van der Waals surface area (Å²) in [6, 6.07) is 9.77. The third-order valence-electron chi connectivity index (χ3n) is 3.33. The second-order valence-electron chi connectivity index (χ2n) is 5.07. The molecule has 0 aliphatic carbocycles. The van der Waals surface area contributed by atoms with Crippen molar-refractivity contribution >= 4 is 34.2 Å². The molecular weight excluding hydrogens is 322 g/mol. The van der Waals surface area contributed by atoms with Gasteiger partial charge in [0.25, 0.3) is 0 Å². The number of aromatic nitrogens is 2. The molecule has 5 nitrogen and oxygen atoms in total. The van der Waals surface area contributed by atoms with Crippen LogP contribution in [0.5, 0.6) is 5.75 Å². The van der Waals surface area contributed by atoms with E-state index in [0.29, 0.717) is 13.2 Å². The average molecular weight is 339 g/mol. The minimum absolute atomic E-state index is 0.130. The molecule has 1 N–H and O–H groups in total. The summed E-state index contributed by atoms with van der Waals surface area (Å²) >= 11 is 1.50. The molecule has 0 aliphatic heterocycles. The van der Waals surface area contributed by atoms with Crippen molar-refractivity contribution in [2.75, 3.05) is 13.2 Å². The van der Waals surface area contributed by atoms with Crippen molar-refractivity contribution in [1.82, 2.24) is 15.3 Å². The molecule has 3 rings (SSSR count). The van der Waals surface area contributed by atoms with Crippen molar-refractivity contribution in [2.45, 2.75) is 6.42 Å². The average Bonchev–Trinajstić information content (AvgIpc) is 3.13. The summed E-state index contributed by atoms with van der Waals surface area (Å²) < 4.78 is 5.78. The highest BCUT2D eigenvalue weighted by Crippen LogP contribution is 2.22. The Balaban J connectivity index is 1.41. The van der Waals surface area contributed by atoms with Gasteiger partial charge in [0.1, 0.15) is 11.3 Å². The van der Waals surface area contributed by atoms with E-state index < -0.39 is 0 Å². The van der Waals surface area contributed by atoms with Gasteiger partial charge >= 0.3 is 0 Å². The number of fused-ring (bicyclic) bond motifs is 1. The highest BCUT2D eigenvalue weighted by atomic mass is 32.1. The summed E-state index contributed by atoms with van der Waals surface area (Å²) in [5, 5.41) is 5.76. The predicted octanol–water partition coefficient (Wildman–Crippen LogP) is 3.29. The molecule has 0 aliphatic rings. The van der Waals surface area contributed by atoms with Crippen LogP contribution in [0.4, 0.5) is 0 Å². The minimum atomic E-state index is -0.130. The number of para-hydroxylation sites is 1. The monoisotopic (exact) mass is 339 g/mol. The molecule has 1 amide bonds. The maximum absolute atomic E-state index is 11.7. The number of benzene rings is 1. The molecule has 0 atom stereocenters. The van der Waals surface area contributed by atoms with Gasteiger partial charge in [-0.05, 0) is 24.6 Å². The Morgan fingerprint density at radius 2 is 2.17 bits per heavy atom. The van der Waals surface area contributed by atoms with Crippen LogP contribution in [0.25, 0.3) is 17.0 Å². The van der Waals surface area contributed by atoms with Crippen molar-refractivity contribution in [2.24, 2.45) is 0 Å². The number of hydrogen-bond acceptors (Lipinski definition) is 5. The van der Waals surface area contributed by atoms with E-state index >= 15 is 0 Å². The molecule has 24 heavy (non-hydrogen) atoms. The first-order valence-corrected chi connectivity index (χ1v) is 8.58. The predicted molar refractivity (Wildman–Crippen MR) is 96.0 cm³/mol. The van der Waals surface area contributed by atoms with Gasteiger partial charge in [-0.2, -0.15) is 0 Å². The van der Waals surface area contributed by atoms with Crippen LogP contribution in [-0.2, 0) is 4.79 Å². The first-order valence-electron chi connectivity index (χ1n) is 7.63. The topological polar surface area (TPSA) is 64.1 Å². The molecule has 122 valence electrons. The highest BCUT2D eigenvalue weighted by molar-refractivity contribution is 7.07. The third-order valence-corrected chi connectivity index (χ3v) is 3.94. The van der Waals surface area contributed by atoms with E-state index in [1.807, 2.05) is 35.7 Å². The lowest BCUT2D eigenvalue weighted by Crippen LogP contribution is -2.23. The SMILES string of the molecule is O=C(/C=C/c1cscn1)NCCCOc1cccc2cccnc12. The zero-order chi connectivity index (χ0) is 16.6. The Morgan fingerprint density at radius 3 is 3.04 bits per heavy atom. The van der Waals surface area contributed by atoms with E-state index in [1.165, 1.54) is 17.4 Å². The maximum atomic E-state index is 11.7. The number of carbonyl (C=O) groups is 1. The smallest absolute Gasteiger partial charge is 0.244 e. The van der Waals surface area contributed by atoms with E-state index in [1.54, 1.807) is 17.8 Å². The number of pyridine rings is 1. The minimum Gasteiger partial charge on any atom is -0.491 e. The standard InChI is InChI=1S/C18H17N3O2S/c22-17(8-7-15-12-24-13-21-15)19-10-3-11-23-16-6-1-4-14-5-2-9-20-18(14)16/h1-2,4-9,12-13H,3,10-11H2,(H,19,22)/b8-7+. The Labute approximate surface area is 144 Å². The molecule has 0 bridgehead atoms. The van der Waals surface area contributed by atoms with E-state index in [9.17, 15) is 4.79 Å². The van der Waals surface area contributed by atoms with Gasteiger partial charge in [-0.15, -0.1) is 11.3 Å². The Morgan fingerprint density at radius 1 is 1.25 bits per heavy atom. The number of amides is 1. The first-order chi connectivity index (χ1) is 11.8. The van der Waals surface area contributed by atoms with Crippen molar-refractivity contribution in [3.05, 3.63) is 59.2 Å². The van der Waals surface area contributed by atoms with Gasteiger partial charge in [-0.25, -0.2) is 4.98 Å². The van der Waals surface area contributed by atoms with E-state index in [4.69, 9.17) is 4.74 Å². The summed E-state index contributed by atoms with van der Waals surface area (Å²) in [5.41, 5.74) is 3.38. The van der Waals surface area contributed by atoms with Crippen LogP contribution < -0.4 is 10.1 Å². The number of rotatable bonds is 7. The number of nitrogens with one attached hydrogen (secondary N) is 1. The van der Waals surface area contributed by atoms with Crippen LogP contribution in [0, 0.1) is 0 Å². The molecule has 0 spiro atoms. The first kappa shape index (κ1) is 16.1.